The van der Waals surface area contributed by atoms with E-state index in [-0.39, 0.29) is 42.1 Å². The molecule has 10 heteroatoms. The molecule has 0 unspecified atom stereocenters. The van der Waals surface area contributed by atoms with Crippen molar-refractivity contribution < 1.29 is 18.3 Å². The number of halogens is 2. The fraction of sp³-hybridized carbons (Fsp3) is 0.600. The van der Waals surface area contributed by atoms with Crippen LogP contribution in [0.25, 0.3) is 0 Å². The number of ether oxygens (including phenoxy) is 1. The van der Waals surface area contributed by atoms with Crippen LogP contribution in [0.2, 0.25) is 0 Å². The van der Waals surface area contributed by atoms with Crippen LogP contribution in [0, 0.1) is 11.6 Å². The Kier molecular flexibility index (Phi) is 8.16. The van der Waals surface area contributed by atoms with Gasteiger partial charge in [-0.05, 0) is 38.5 Å². The van der Waals surface area contributed by atoms with Gasteiger partial charge < -0.3 is 19.9 Å². The van der Waals surface area contributed by atoms with E-state index in [0.717, 1.165) is 25.7 Å². The van der Waals surface area contributed by atoms with Crippen molar-refractivity contribution in [2.75, 3.05) is 50.8 Å². The largest absolute Gasteiger partial charge is 0.378 e. The second-order valence-corrected chi connectivity index (χ2v) is 12.5. The number of benzene rings is 1. The van der Waals surface area contributed by atoms with E-state index in [0.29, 0.717) is 48.8 Å². The number of carbonyl (C=O) groups is 1. The van der Waals surface area contributed by atoms with Crippen molar-refractivity contribution in [3.8, 4) is 0 Å². The van der Waals surface area contributed by atoms with Crippen molar-refractivity contribution in [2.45, 2.75) is 70.6 Å². The lowest BCUT2D eigenvalue weighted by Crippen LogP contribution is -2.63. The van der Waals surface area contributed by atoms with Crippen LogP contribution in [0.15, 0.2) is 29.1 Å². The molecule has 2 aromatic rings. The summed E-state index contributed by atoms with van der Waals surface area (Å²) in [5, 5.41) is 3.58. The maximum atomic E-state index is 14.4. The SMILES string of the molecule is C[C@@H]1CN(CC(=O)N2CC(C)(C)c3[nH]c(=O)c(Cc4ccc(F)cc4F)cc32)[C@@H](CN2[C@H](C)COC[C@H]2C)CN1. The number of morpholine rings is 1. The first kappa shape index (κ1) is 28.9. The van der Waals surface area contributed by atoms with Gasteiger partial charge in [-0.15, -0.1) is 0 Å². The third-order valence-electron chi connectivity index (χ3n) is 8.65. The molecular formula is C30H41F2N5O3. The van der Waals surface area contributed by atoms with Crippen molar-refractivity contribution >= 4 is 11.6 Å². The number of piperazine rings is 1. The number of hydrogen-bond acceptors (Lipinski definition) is 6. The van der Waals surface area contributed by atoms with Gasteiger partial charge in [0.05, 0.1) is 25.4 Å². The first-order valence-corrected chi connectivity index (χ1v) is 14.2. The van der Waals surface area contributed by atoms with E-state index < -0.39 is 17.0 Å². The summed E-state index contributed by atoms with van der Waals surface area (Å²) in [6.07, 6.45) is 0.00445. The van der Waals surface area contributed by atoms with Gasteiger partial charge >= 0.3 is 0 Å². The monoisotopic (exact) mass is 557 g/mol. The molecule has 3 aliphatic rings. The summed E-state index contributed by atoms with van der Waals surface area (Å²) >= 11 is 0. The third kappa shape index (κ3) is 5.86. The lowest BCUT2D eigenvalue weighted by Gasteiger charge is -2.46. The van der Waals surface area contributed by atoms with Gasteiger partial charge in [0, 0.05) is 79.5 Å². The van der Waals surface area contributed by atoms with Crippen LogP contribution in [0.3, 0.4) is 0 Å². The Labute approximate surface area is 234 Å². The van der Waals surface area contributed by atoms with E-state index in [1.165, 1.54) is 12.1 Å². The quantitative estimate of drug-likeness (QED) is 0.569. The Bertz CT molecular complexity index is 1300. The van der Waals surface area contributed by atoms with E-state index in [2.05, 4.69) is 40.9 Å². The smallest absolute Gasteiger partial charge is 0.251 e. The molecular weight excluding hydrogens is 516 g/mol. The molecule has 2 N–H and O–H groups in total. The van der Waals surface area contributed by atoms with Gasteiger partial charge in [0.15, 0.2) is 0 Å². The van der Waals surface area contributed by atoms with Crippen LogP contribution in [-0.2, 0) is 21.4 Å². The maximum Gasteiger partial charge on any atom is 0.251 e. The number of fused-ring (bicyclic) bond motifs is 1. The minimum atomic E-state index is -0.698. The average molecular weight is 558 g/mol. The summed E-state index contributed by atoms with van der Waals surface area (Å²) in [4.78, 5) is 36.4. The molecule has 2 fully saturated rings. The summed E-state index contributed by atoms with van der Waals surface area (Å²) in [6, 6.07) is 6.12. The van der Waals surface area contributed by atoms with Crippen molar-refractivity contribution in [3.63, 3.8) is 0 Å². The second-order valence-electron chi connectivity index (χ2n) is 12.5. The Balaban J connectivity index is 1.38. The highest BCUT2D eigenvalue weighted by Gasteiger charge is 2.41. The molecule has 4 atom stereocenters. The van der Waals surface area contributed by atoms with E-state index in [1.54, 1.807) is 11.0 Å². The predicted molar refractivity (Wildman–Crippen MR) is 151 cm³/mol. The molecule has 218 valence electrons. The zero-order valence-corrected chi connectivity index (χ0v) is 24.1. The van der Waals surface area contributed by atoms with Gasteiger partial charge in [-0.2, -0.15) is 0 Å². The number of carbonyl (C=O) groups excluding carboxylic acids is 1. The van der Waals surface area contributed by atoms with Gasteiger partial charge in [-0.25, -0.2) is 8.78 Å². The third-order valence-corrected chi connectivity index (χ3v) is 8.65. The van der Waals surface area contributed by atoms with E-state index >= 15 is 0 Å². The maximum absolute atomic E-state index is 14.4. The molecule has 1 amide bonds. The van der Waals surface area contributed by atoms with Gasteiger partial charge in [0.2, 0.25) is 5.91 Å². The average Bonchev–Trinajstić information content (AvgIpc) is 3.14. The van der Waals surface area contributed by atoms with Crippen molar-refractivity contribution in [2.24, 2.45) is 0 Å². The number of anilines is 1. The first-order valence-electron chi connectivity index (χ1n) is 14.2. The number of hydrogen-bond donors (Lipinski definition) is 2. The Morgan fingerprint density at radius 2 is 1.82 bits per heavy atom. The summed E-state index contributed by atoms with van der Waals surface area (Å²) in [5.74, 6) is -1.39. The van der Waals surface area contributed by atoms with Crippen molar-refractivity contribution in [1.29, 1.82) is 0 Å². The molecule has 8 nitrogen and oxygen atoms in total. The van der Waals surface area contributed by atoms with Crippen LogP contribution < -0.4 is 15.8 Å². The fourth-order valence-corrected chi connectivity index (χ4v) is 6.38. The van der Waals surface area contributed by atoms with Crippen molar-refractivity contribution in [1.82, 2.24) is 20.1 Å². The standard InChI is InChI=1S/C30H41F2N5O3/c1-18-12-35(24(11-33-18)13-36-19(2)15-40-16-20(36)3)14-27(38)37-17-30(4,5)28-26(37)9-22(29(39)34-28)8-21-6-7-23(31)10-25(21)32/h6-7,9-10,18-20,24,33H,8,11-17H2,1-5H3,(H,34,39)/t18-,19-,20-,24-/m1/s1. The van der Waals surface area contributed by atoms with E-state index in [1.807, 2.05) is 13.8 Å². The van der Waals surface area contributed by atoms with Crippen LogP contribution >= 0.6 is 0 Å². The minimum absolute atomic E-state index is 0.00445. The summed E-state index contributed by atoms with van der Waals surface area (Å²) < 4.78 is 33.5. The van der Waals surface area contributed by atoms with Gasteiger partial charge in [0.25, 0.3) is 5.56 Å². The topological polar surface area (TPSA) is 80.9 Å². The molecule has 0 bridgehead atoms. The minimum Gasteiger partial charge on any atom is -0.378 e. The highest BCUT2D eigenvalue weighted by molar-refractivity contribution is 5.97. The highest BCUT2D eigenvalue weighted by Crippen LogP contribution is 2.39. The van der Waals surface area contributed by atoms with Crippen LogP contribution in [0.4, 0.5) is 14.5 Å². The van der Waals surface area contributed by atoms with Crippen LogP contribution in [0.1, 0.15) is 51.4 Å². The molecule has 0 aliphatic carbocycles. The highest BCUT2D eigenvalue weighted by atomic mass is 19.1. The zero-order chi connectivity index (χ0) is 28.8. The fourth-order valence-electron chi connectivity index (χ4n) is 6.38. The molecule has 0 saturated carbocycles. The van der Waals surface area contributed by atoms with Gasteiger partial charge in [-0.1, -0.05) is 19.9 Å². The lowest BCUT2D eigenvalue weighted by molar-refractivity contribution is -0.121. The van der Waals surface area contributed by atoms with Crippen molar-refractivity contribution in [3.05, 3.63) is 63.1 Å². The molecule has 2 saturated heterocycles. The number of nitrogens with one attached hydrogen (secondary N) is 2. The summed E-state index contributed by atoms with van der Waals surface area (Å²) in [6.45, 7) is 15.0. The Morgan fingerprint density at radius 1 is 1.10 bits per heavy atom. The number of H-pyrrole nitrogens is 1. The molecule has 4 heterocycles. The van der Waals surface area contributed by atoms with Gasteiger partial charge in [-0.3, -0.25) is 19.4 Å². The number of pyridine rings is 1. The number of amides is 1. The number of rotatable bonds is 6. The van der Waals surface area contributed by atoms with Gasteiger partial charge in [0.1, 0.15) is 11.6 Å². The summed E-state index contributed by atoms with van der Waals surface area (Å²) in [5.41, 5.74) is 1.15. The first-order chi connectivity index (χ1) is 18.9. The zero-order valence-electron chi connectivity index (χ0n) is 24.1. The lowest BCUT2D eigenvalue weighted by atomic mass is 9.91. The normalized spacial score (nSPS) is 27.1. The molecule has 3 aliphatic heterocycles. The molecule has 5 rings (SSSR count). The van der Waals surface area contributed by atoms with Crippen LogP contribution in [0.5, 0.6) is 0 Å². The number of aromatic amines is 1. The molecule has 0 radical (unpaired) electrons. The number of aromatic nitrogens is 1. The molecule has 40 heavy (non-hydrogen) atoms. The molecule has 1 aromatic carbocycles. The van der Waals surface area contributed by atoms with E-state index in [9.17, 15) is 18.4 Å². The number of nitrogens with zero attached hydrogens (tertiary/aromatic N) is 3. The van der Waals surface area contributed by atoms with Crippen LogP contribution in [-0.4, -0.2) is 90.8 Å². The predicted octanol–water partition coefficient (Wildman–Crippen LogP) is 2.64. The Hall–Kier alpha value is -2.66. The Morgan fingerprint density at radius 3 is 2.52 bits per heavy atom. The van der Waals surface area contributed by atoms with E-state index in [4.69, 9.17) is 4.74 Å². The molecule has 1 aromatic heterocycles. The molecule has 0 spiro atoms. The summed E-state index contributed by atoms with van der Waals surface area (Å²) in [7, 11) is 0. The second kappa shape index (κ2) is 11.3.